The largest absolute Gasteiger partial charge is 0.476 e. The molecule has 0 bridgehead atoms. The van der Waals surface area contributed by atoms with E-state index in [9.17, 15) is 22.9 Å². The third-order valence-corrected chi connectivity index (χ3v) is 0.595. The van der Waals surface area contributed by atoms with Crippen molar-refractivity contribution in [2.75, 3.05) is 0 Å². The molecule has 0 aromatic rings. The van der Waals surface area contributed by atoms with Crippen LogP contribution in [0.2, 0.25) is 0 Å². The molecule has 0 saturated carbocycles. The summed E-state index contributed by atoms with van der Waals surface area (Å²) in [6, 6.07) is 0. The Morgan fingerprint density at radius 2 is 1.47 bits per heavy atom. The highest BCUT2D eigenvalue weighted by Crippen LogP contribution is 2.25. The number of alkyl halides is 2. The minimum absolute atomic E-state index is 2.01. The Kier molecular flexibility index (Phi) is 6.14. The zero-order chi connectivity index (χ0) is 12.9. The molecule has 0 aromatic heterocycles. The van der Waals surface area contributed by atoms with E-state index in [0.29, 0.717) is 0 Å². The van der Waals surface area contributed by atoms with E-state index < -0.39 is 25.7 Å². The van der Waals surface area contributed by atoms with Gasteiger partial charge >= 0.3 is 25.7 Å². The van der Waals surface area contributed by atoms with Crippen LogP contribution in [0.5, 0.6) is 0 Å². The lowest BCUT2D eigenvalue weighted by atomic mass is 10.3. The smallest absolute Gasteiger partial charge is 0.466 e. The van der Waals surface area contributed by atoms with Gasteiger partial charge in [-0.05, 0) is 0 Å². The Labute approximate surface area is 79.0 Å². The van der Waals surface area contributed by atoms with E-state index >= 15 is 0 Å². The monoisotopic (exact) mass is 256 g/mol. The highest BCUT2D eigenvalue weighted by Gasteiger charge is 2.50. The first-order valence-electron chi connectivity index (χ1n) is 2.65. The molecule has 0 spiro atoms. The van der Waals surface area contributed by atoms with Gasteiger partial charge in [0, 0.05) is 4.53 Å². The van der Waals surface area contributed by atoms with Crippen molar-refractivity contribution in [3.05, 3.63) is 0 Å². The summed E-state index contributed by atoms with van der Waals surface area (Å²) in [5, 5.41) is 7.53. The summed E-state index contributed by atoms with van der Waals surface area (Å²) in [7, 11) is -4.64. The van der Waals surface area contributed by atoms with Crippen LogP contribution in [0.3, 0.4) is 0 Å². The molecule has 0 unspecified atom stereocenters. The Hall–Kier alpha value is -1.16. The van der Waals surface area contributed by atoms with Crippen molar-refractivity contribution in [3.63, 3.8) is 0 Å². The fourth-order valence-corrected chi connectivity index (χ4v) is 0.136. The summed E-state index contributed by atoms with van der Waals surface area (Å²) in [6.45, 7) is 0. The number of hydrogen-bond donors (Lipinski definition) is 4. The minimum atomic E-state index is -4.81. The van der Waals surface area contributed by atoms with Gasteiger partial charge in [-0.2, -0.15) is 8.78 Å². The van der Waals surface area contributed by atoms with E-state index in [1.165, 1.54) is 0 Å². The number of rotatable bonds is 2. The molecule has 0 aromatic carbocycles. The maximum atomic E-state index is 11.6. The Bertz CT molecular complexity index is 275. The van der Waals surface area contributed by atoms with Crippen LogP contribution >= 0.6 is 7.82 Å². The second-order valence-corrected chi connectivity index (χ2v) is 2.78. The number of carbonyl (C=O) groups is 2. The maximum absolute atomic E-state index is 11.6. The highest BCUT2D eigenvalue weighted by atomic mass is 31.2. The van der Waals surface area contributed by atoms with Crippen LogP contribution in [-0.4, -0.2) is 37.6 Å². The van der Waals surface area contributed by atoms with Crippen molar-refractivity contribution in [2.45, 2.75) is 5.92 Å². The zero-order valence-corrected chi connectivity index (χ0v) is 7.40. The average molecular weight is 256 g/mol. The van der Waals surface area contributed by atoms with Gasteiger partial charge in [0.1, 0.15) is 0 Å². The van der Waals surface area contributed by atoms with E-state index in [1.807, 2.05) is 4.94 Å². The van der Waals surface area contributed by atoms with E-state index in [4.69, 9.17) is 24.4 Å². The van der Waals surface area contributed by atoms with Crippen LogP contribution < -0.4 is 0 Å². The molecule has 15 heavy (non-hydrogen) atoms. The normalized spacial score (nSPS) is 11.1. The van der Waals surface area contributed by atoms with Crippen LogP contribution in [0.25, 0.3) is 0 Å². The van der Waals surface area contributed by atoms with Gasteiger partial charge in [0.2, 0.25) is 0 Å². The van der Waals surface area contributed by atoms with Crippen molar-refractivity contribution >= 4 is 19.8 Å². The first-order valence-corrected chi connectivity index (χ1v) is 4.22. The molecule has 0 saturated heterocycles. The number of halogens is 3. The quantitative estimate of drug-likeness (QED) is 0.371. The highest BCUT2D eigenvalue weighted by molar-refractivity contribution is 7.45. The molecular formula is C3H4F3O8P. The van der Waals surface area contributed by atoms with Gasteiger partial charge in [0.25, 0.3) is 0 Å². The summed E-state index contributed by atoms with van der Waals surface area (Å²) in [6.07, 6.45) is 0. The number of carboxylic acids is 1. The number of aliphatic carboxylic acids is 1. The van der Waals surface area contributed by atoms with Crippen molar-refractivity contribution in [2.24, 2.45) is 0 Å². The zero-order valence-electron chi connectivity index (χ0n) is 6.50. The lowest BCUT2D eigenvalue weighted by molar-refractivity contribution is -0.216. The molecule has 90 valence electrons. The predicted octanol–water partition coefficient (Wildman–Crippen LogP) is -0.795. The van der Waals surface area contributed by atoms with E-state index in [0.717, 1.165) is 0 Å². The summed E-state index contributed by atoms with van der Waals surface area (Å²) in [4.78, 5) is 42.5. The van der Waals surface area contributed by atoms with Crippen LogP contribution in [0.1, 0.15) is 0 Å². The van der Waals surface area contributed by atoms with Gasteiger partial charge in [0.15, 0.2) is 0 Å². The standard InChI is InChI=1S/C3HF3O4.H3O4P/c4-3(5,1(7)8)2(9)10-6;1-5(2,3)4/h(H,7,8);(H3,1,2,3,4). The number of phosphoric acid groups is 1. The van der Waals surface area contributed by atoms with Gasteiger partial charge in [-0.15, -0.1) is 0 Å². The lowest BCUT2D eigenvalue weighted by Crippen LogP contribution is -2.37. The number of carboxylic acid groups (broad SMARTS) is 1. The first kappa shape index (κ1) is 16.3. The van der Waals surface area contributed by atoms with Crippen LogP contribution in [0, 0.1) is 0 Å². The second-order valence-electron chi connectivity index (χ2n) is 1.76. The molecule has 4 N–H and O–H groups in total. The average Bonchev–Trinajstić information content (AvgIpc) is 1.99. The van der Waals surface area contributed by atoms with Crippen LogP contribution in [0.4, 0.5) is 13.3 Å². The minimum Gasteiger partial charge on any atom is -0.476 e. The van der Waals surface area contributed by atoms with Crippen LogP contribution in [0.15, 0.2) is 0 Å². The van der Waals surface area contributed by atoms with Crippen molar-refractivity contribution in [1.82, 2.24) is 0 Å². The SMILES string of the molecule is O=C(O)C(F)(F)C(=O)OF.O=P(O)(O)O. The van der Waals surface area contributed by atoms with Crippen molar-refractivity contribution < 1.29 is 52.2 Å². The Balaban J connectivity index is 0. The molecule has 0 aliphatic heterocycles. The lowest BCUT2D eigenvalue weighted by Gasteiger charge is -2.03. The summed E-state index contributed by atoms with van der Waals surface area (Å²) >= 11 is 0. The van der Waals surface area contributed by atoms with E-state index in [1.54, 1.807) is 0 Å². The summed E-state index contributed by atoms with van der Waals surface area (Å²) < 4.78 is 42.8. The van der Waals surface area contributed by atoms with Crippen molar-refractivity contribution in [3.8, 4) is 0 Å². The third kappa shape index (κ3) is 9.15. The number of carbonyl (C=O) groups excluding carboxylic acids is 1. The molecule has 0 aliphatic carbocycles. The summed E-state index contributed by atoms with van der Waals surface area (Å²) in [5.74, 6) is -10.3. The fourth-order valence-electron chi connectivity index (χ4n) is 0.136. The maximum Gasteiger partial charge on any atom is 0.466 e. The van der Waals surface area contributed by atoms with Gasteiger partial charge in [-0.25, -0.2) is 19.1 Å². The van der Waals surface area contributed by atoms with E-state index in [2.05, 4.69) is 0 Å². The molecular weight excluding hydrogens is 252 g/mol. The molecule has 0 atom stereocenters. The first-order chi connectivity index (χ1) is 6.42. The van der Waals surface area contributed by atoms with Gasteiger partial charge in [-0.3, -0.25) is 0 Å². The molecule has 8 nitrogen and oxygen atoms in total. The molecule has 0 heterocycles. The topological polar surface area (TPSA) is 141 Å². The van der Waals surface area contributed by atoms with E-state index in [-0.39, 0.29) is 0 Å². The number of hydrogen-bond acceptors (Lipinski definition) is 4. The van der Waals surface area contributed by atoms with Gasteiger partial charge < -0.3 is 19.8 Å². The molecule has 0 amide bonds. The van der Waals surface area contributed by atoms with Gasteiger partial charge in [-0.1, -0.05) is 0 Å². The molecule has 0 rings (SSSR count). The van der Waals surface area contributed by atoms with Gasteiger partial charge in [0.05, 0.1) is 0 Å². The molecule has 0 radical (unpaired) electrons. The molecule has 12 heteroatoms. The second kappa shape index (κ2) is 5.66. The third-order valence-electron chi connectivity index (χ3n) is 0.595. The predicted molar refractivity (Wildman–Crippen MR) is 34.0 cm³/mol. The molecule has 0 aliphatic rings. The fraction of sp³-hybridized carbons (Fsp3) is 0.333. The Morgan fingerprint density at radius 1 is 1.20 bits per heavy atom. The van der Waals surface area contributed by atoms with Crippen LogP contribution in [-0.2, 0) is 19.1 Å². The summed E-state index contributed by atoms with van der Waals surface area (Å²) in [5.41, 5.74) is 0. The Morgan fingerprint density at radius 3 is 1.53 bits per heavy atom. The molecule has 0 fully saturated rings. The van der Waals surface area contributed by atoms with Crippen molar-refractivity contribution in [1.29, 1.82) is 0 Å².